The lowest BCUT2D eigenvalue weighted by Gasteiger charge is -2.02. The van der Waals surface area contributed by atoms with Crippen LogP contribution in [0.3, 0.4) is 0 Å². The highest BCUT2D eigenvalue weighted by Crippen LogP contribution is 2.11. The van der Waals surface area contributed by atoms with Crippen LogP contribution in [0.15, 0.2) is 18.7 Å². The molecule has 1 N–H and O–H groups in total. The summed E-state index contributed by atoms with van der Waals surface area (Å²) >= 11 is 0. The van der Waals surface area contributed by atoms with Gasteiger partial charge in [-0.1, -0.05) is 0 Å². The van der Waals surface area contributed by atoms with E-state index in [9.17, 15) is 14.9 Å². The van der Waals surface area contributed by atoms with Gasteiger partial charge in [-0.15, -0.1) is 0 Å². The minimum Gasteiger partial charge on any atom is -0.478 e. The number of rotatable bonds is 3. The maximum atomic E-state index is 10.8. The van der Waals surface area contributed by atoms with Crippen LogP contribution in [-0.2, 0) is 0 Å². The van der Waals surface area contributed by atoms with Crippen LogP contribution < -0.4 is 0 Å². The Balaban J connectivity index is 2.42. The second-order valence-corrected chi connectivity index (χ2v) is 3.37. The van der Waals surface area contributed by atoms with Gasteiger partial charge in [0.1, 0.15) is 6.20 Å². The first-order valence-corrected chi connectivity index (χ1v) is 4.74. The molecule has 0 fully saturated rings. The molecule has 18 heavy (non-hydrogen) atoms. The first kappa shape index (κ1) is 11.6. The van der Waals surface area contributed by atoms with Crippen LogP contribution in [0.5, 0.6) is 0 Å². The number of imidazole rings is 1. The van der Waals surface area contributed by atoms with Crippen LogP contribution in [0.25, 0.3) is 5.95 Å². The molecule has 0 aliphatic carbocycles. The van der Waals surface area contributed by atoms with E-state index >= 15 is 0 Å². The van der Waals surface area contributed by atoms with E-state index in [0.717, 1.165) is 12.4 Å². The topological polar surface area (TPSA) is 124 Å². The molecule has 0 radical (unpaired) electrons. The number of nitro groups is 1. The average molecular weight is 249 g/mol. The monoisotopic (exact) mass is 249 g/mol. The van der Waals surface area contributed by atoms with Crippen molar-refractivity contribution in [2.75, 3.05) is 0 Å². The molecule has 2 rings (SSSR count). The van der Waals surface area contributed by atoms with Gasteiger partial charge in [-0.05, 0) is 16.8 Å². The highest BCUT2D eigenvalue weighted by molar-refractivity contribution is 5.88. The van der Waals surface area contributed by atoms with Crippen molar-refractivity contribution in [3.63, 3.8) is 0 Å². The Morgan fingerprint density at radius 3 is 2.72 bits per heavy atom. The van der Waals surface area contributed by atoms with E-state index in [2.05, 4.69) is 15.0 Å². The minimum atomic E-state index is -1.13. The van der Waals surface area contributed by atoms with Gasteiger partial charge in [-0.2, -0.15) is 0 Å². The van der Waals surface area contributed by atoms with Gasteiger partial charge in [0.15, 0.2) is 0 Å². The number of aromatic carboxylic acids is 1. The van der Waals surface area contributed by atoms with Crippen LogP contribution in [0.2, 0.25) is 0 Å². The second kappa shape index (κ2) is 4.20. The number of aromatic nitrogens is 4. The first-order chi connectivity index (χ1) is 8.49. The smallest absolute Gasteiger partial charge is 0.382 e. The SMILES string of the molecule is Cc1nc(-n2cnc([N+](=O)[O-])c2)ncc1C(=O)O. The number of nitrogens with zero attached hydrogens (tertiary/aromatic N) is 5. The molecule has 2 aromatic rings. The molecule has 9 heteroatoms. The summed E-state index contributed by atoms with van der Waals surface area (Å²) in [5, 5.41) is 19.3. The summed E-state index contributed by atoms with van der Waals surface area (Å²) < 4.78 is 1.25. The van der Waals surface area contributed by atoms with E-state index in [-0.39, 0.29) is 23.0 Å². The van der Waals surface area contributed by atoms with E-state index < -0.39 is 10.9 Å². The van der Waals surface area contributed by atoms with Gasteiger partial charge in [-0.3, -0.25) is 0 Å². The number of hydrogen-bond acceptors (Lipinski definition) is 6. The molecule has 0 spiro atoms. The van der Waals surface area contributed by atoms with Crippen molar-refractivity contribution in [1.82, 2.24) is 19.5 Å². The van der Waals surface area contributed by atoms with Crippen molar-refractivity contribution in [2.24, 2.45) is 0 Å². The third-order valence-corrected chi connectivity index (χ3v) is 2.18. The van der Waals surface area contributed by atoms with Crippen molar-refractivity contribution in [3.8, 4) is 5.95 Å². The van der Waals surface area contributed by atoms with Crippen LogP contribution >= 0.6 is 0 Å². The lowest BCUT2D eigenvalue weighted by molar-refractivity contribution is -0.389. The third-order valence-electron chi connectivity index (χ3n) is 2.18. The molecule has 0 aromatic carbocycles. The van der Waals surface area contributed by atoms with E-state index in [1.807, 2.05) is 0 Å². The van der Waals surface area contributed by atoms with Gasteiger partial charge in [-0.25, -0.2) is 19.3 Å². The maximum absolute atomic E-state index is 10.8. The van der Waals surface area contributed by atoms with Gasteiger partial charge in [0, 0.05) is 6.20 Å². The minimum absolute atomic E-state index is 0.0200. The van der Waals surface area contributed by atoms with Gasteiger partial charge in [0.2, 0.25) is 12.3 Å². The van der Waals surface area contributed by atoms with Crippen LogP contribution in [0.4, 0.5) is 5.82 Å². The molecule has 2 heterocycles. The van der Waals surface area contributed by atoms with Crippen molar-refractivity contribution in [2.45, 2.75) is 6.92 Å². The molecule has 0 aliphatic heterocycles. The molecule has 0 saturated carbocycles. The molecular formula is C9H7N5O4. The molecule has 2 aromatic heterocycles. The summed E-state index contributed by atoms with van der Waals surface area (Å²) in [5.41, 5.74) is 0.247. The summed E-state index contributed by atoms with van der Waals surface area (Å²) in [7, 11) is 0. The maximum Gasteiger partial charge on any atom is 0.382 e. The number of carboxylic acid groups (broad SMARTS) is 1. The molecule has 9 nitrogen and oxygen atoms in total. The number of hydrogen-bond donors (Lipinski definition) is 1. The molecule has 0 atom stereocenters. The molecule has 92 valence electrons. The number of carboxylic acids is 1. The Morgan fingerprint density at radius 1 is 1.50 bits per heavy atom. The Morgan fingerprint density at radius 2 is 2.22 bits per heavy atom. The lowest BCUT2D eigenvalue weighted by atomic mass is 10.2. The predicted molar refractivity (Wildman–Crippen MR) is 57.5 cm³/mol. The zero-order chi connectivity index (χ0) is 13.3. The summed E-state index contributed by atoms with van der Waals surface area (Å²) in [6, 6.07) is 0. The predicted octanol–water partition coefficient (Wildman–Crippen LogP) is 0.577. The van der Waals surface area contributed by atoms with Crippen molar-refractivity contribution in [3.05, 3.63) is 40.1 Å². The highest BCUT2D eigenvalue weighted by atomic mass is 16.6. The van der Waals surface area contributed by atoms with E-state index in [1.54, 1.807) is 0 Å². The van der Waals surface area contributed by atoms with E-state index in [0.29, 0.717) is 0 Å². The molecule has 0 saturated heterocycles. The van der Waals surface area contributed by atoms with Crippen molar-refractivity contribution < 1.29 is 14.8 Å². The largest absolute Gasteiger partial charge is 0.478 e. The Labute approximate surface area is 99.9 Å². The normalized spacial score (nSPS) is 10.3. The summed E-state index contributed by atoms with van der Waals surface area (Å²) in [6.45, 7) is 1.51. The zero-order valence-corrected chi connectivity index (χ0v) is 9.14. The second-order valence-electron chi connectivity index (χ2n) is 3.37. The fraction of sp³-hybridized carbons (Fsp3) is 0.111. The number of carbonyl (C=O) groups is 1. The Bertz CT molecular complexity index is 636. The fourth-order valence-corrected chi connectivity index (χ4v) is 1.31. The van der Waals surface area contributed by atoms with Gasteiger partial charge >= 0.3 is 11.8 Å². The van der Waals surface area contributed by atoms with Gasteiger partial charge in [0.05, 0.1) is 11.3 Å². The molecule has 0 bridgehead atoms. The van der Waals surface area contributed by atoms with Crippen molar-refractivity contribution in [1.29, 1.82) is 0 Å². The van der Waals surface area contributed by atoms with Gasteiger partial charge < -0.3 is 15.2 Å². The summed E-state index contributed by atoms with van der Waals surface area (Å²) in [4.78, 5) is 31.9. The van der Waals surface area contributed by atoms with Crippen LogP contribution in [0, 0.1) is 17.0 Å². The van der Waals surface area contributed by atoms with Crippen LogP contribution in [-0.4, -0.2) is 35.5 Å². The Kier molecular flexibility index (Phi) is 2.72. The van der Waals surface area contributed by atoms with Crippen LogP contribution in [0.1, 0.15) is 16.1 Å². The van der Waals surface area contributed by atoms with E-state index in [1.165, 1.54) is 17.8 Å². The summed E-state index contributed by atoms with van der Waals surface area (Å²) in [5.74, 6) is -1.34. The molecular weight excluding hydrogens is 242 g/mol. The fourth-order valence-electron chi connectivity index (χ4n) is 1.31. The summed E-state index contributed by atoms with van der Waals surface area (Å²) in [6.07, 6.45) is 3.48. The highest BCUT2D eigenvalue weighted by Gasteiger charge is 2.15. The average Bonchev–Trinajstić information content (AvgIpc) is 2.77. The molecule has 0 aliphatic rings. The quantitative estimate of drug-likeness (QED) is 0.622. The molecule has 0 amide bonds. The van der Waals surface area contributed by atoms with Crippen molar-refractivity contribution >= 4 is 11.8 Å². The third kappa shape index (κ3) is 2.00. The standard InChI is InChI=1S/C9H7N5O4/c1-5-6(8(15)16)2-10-9(12-5)13-3-7(11-4-13)14(17)18/h2-4H,1H3,(H,15,16). The Hall–Kier alpha value is -2.84. The van der Waals surface area contributed by atoms with E-state index in [4.69, 9.17) is 5.11 Å². The lowest BCUT2D eigenvalue weighted by Crippen LogP contribution is -2.07. The zero-order valence-electron chi connectivity index (χ0n) is 9.14. The first-order valence-electron chi connectivity index (χ1n) is 4.74. The number of aryl methyl sites for hydroxylation is 1. The van der Waals surface area contributed by atoms with Gasteiger partial charge in [0.25, 0.3) is 0 Å². The molecule has 0 unspecified atom stereocenters.